The first-order valence-corrected chi connectivity index (χ1v) is 8.13. The Balaban J connectivity index is 2.95. The zero-order valence-corrected chi connectivity index (χ0v) is 16.0. The maximum atomic E-state index is 12.3. The maximum Gasteiger partial charge on any atom is 0.338 e. The molecule has 0 amide bonds. The fourth-order valence-corrected chi connectivity index (χ4v) is 3.28. The molecule has 0 unspecified atom stereocenters. The summed E-state index contributed by atoms with van der Waals surface area (Å²) in [6.07, 6.45) is 0. The van der Waals surface area contributed by atoms with E-state index in [1.165, 1.54) is 28.4 Å². The second kappa shape index (κ2) is 8.22. The molecule has 0 radical (unpaired) electrons. The van der Waals surface area contributed by atoms with Crippen LogP contribution in [0.1, 0.15) is 15.9 Å². The maximum absolute atomic E-state index is 12.3. The van der Waals surface area contributed by atoms with E-state index in [4.69, 9.17) is 18.9 Å². The van der Waals surface area contributed by atoms with Gasteiger partial charge in [0.2, 0.25) is 0 Å². The monoisotopic (exact) mass is 410 g/mol. The van der Waals surface area contributed by atoms with Gasteiger partial charge in [-0.25, -0.2) is 4.79 Å². The smallest absolute Gasteiger partial charge is 0.338 e. The van der Waals surface area contributed by atoms with Crippen molar-refractivity contribution in [3.05, 3.63) is 39.9 Å². The summed E-state index contributed by atoms with van der Waals surface area (Å²) in [5.41, 5.74) is 1.81. The fraction of sp³-hybridized carbons (Fsp3) is 0.278. The predicted octanol–water partition coefficient (Wildman–Crippen LogP) is 3.42. The van der Waals surface area contributed by atoms with E-state index in [9.17, 15) is 9.90 Å². The highest BCUT2D eigenvalue weighted by molar-refractivity contribution is 9.10. The fourth-order valence-electron chi connectivity index (χ4n) is 2.64. The van der Waals surface area contributed by atoms with Crippen LogP contribution in [0, 0.1) is 0 Å². The lowest BCUT2D eigenvalue weighted by Gasteiger charge is -2.20. The van der Waals surface area contributed by atoms with Gasteiger partial charge in [-0.1, -0.05) is 6.07 Å². The number of carbonyl (C=O) groups is 1. The molecular formula is C18H19BrO6. The molecule has 0 fully saturated rings. The number of benzene rings is 2. The molecule has 0 atom stereocenters. The Morgan fingerprint density at radius 2 is 1.72 bits per heavy atom. The minimum absolute atomic E-state index is 0.284. The van der Waals surface area contributed by atoms with Crippen molar-refractivity contribution in [2.24, 2.45) is 0 Å². The van der Waals surface area contributed by atoms with E-state index >= 15 is 0 Å². The molecule has 0 saturated carbocycles. The molecule has 7 heteroatoms. The molecule has 2 rings (SSSR count). The highest BCUT2D eigenvalue weighted by Crippen LogP contribution is 2.48. The lowest BCUT2D eigenvalue weighted by molar-refractivity contribution is 0.0601. The third kappa shape index (κ3) is 3.43. The summed E-state index contributed by atoms with van der Waals surface area (Å²) in [5.74, 6) is 0.844. The van der Waals surface area contributed by atoms with E-state index in [0.29, 0.717) is 44.0 Å². The minimum Gasteiger partial charge on any atom is -0.496 e. The second-order valence-electron chi connectivity index (χ2n) is 4.99. The van der Waals surface area contributed by atoms with Gasteiger partial charge in [0.15, 0.2) is 0 Å². The van der Waals surface area contributed by atoms with Gasteiger partial charge in [0.1, 0.15) is 21.7 Å². The van der Waals surface area contributed by atoms with Gasteiger partial charge in [0.25, 0.3) is 0 Å². The van der Waals surface area contributed by atoms with Crippen LogP contribution >= 0.6 is 15.9 Å². The minimum atomic E-state index is -0.521. The lowest BCUT2D eigenvalue weighted by Crippen LogP contribution is -2.07. The van der Waals surface area contributed by atoms with Crippen molar-refractivity contribution in [3.8, 4) is 28.4 Å². The van der Waals surface area contributed by atoms with Gasteiger partial charge < -0.3 is 24.1 Å². The van der Waals surface area contributed by atoms with E-state index in [0.717, 1.165) is 0 Å². The number of rotatable bonds is 6. The van der Waals surface area contributed by atoms with E-state index in [1.54, 1.807) is 24.3 Å². The van der Waals surface area contributed by atoms with Crippen LogP contribution in [0.25, 0.3) is 11.1 Å². The number of esters is 1. The van der Waals surface area contributed by atoms with E-state index in [-0.39, 0.29) is 6.61 Å². The summed E-state index contributed by atoms with van der Waals surface area (Å²) >= 11 is 3.45. The van der Waals surface area contributed by atoms with Crippen molar-refractivity contribution in [3.63, 3.8) is 0 Å². The first kappa shape index (κ1) is 19.1. The lowest BCUT2D eigenvalue weighted by atomic mass is 9.93. The van der Waals surface area contributed by atoms with E-state index < -0.39 is 5.97 Å². The molecule has 0 bridgehead atoms. The molecule has 2 aromatic rings. The van der Waals surface area contributed by atoms with Crippen molar-refractivity contribution >= 4 is 21.9 Å². The molecule has 2 aromatic carbocycles. The first-order valence-electron chi connectivity index (χ1n) is 7.33. The molecule has 0 aliphatic carbocycles. The van der Waals surface area contributed by atoms with Crippen LogP contribution in [0.15, 0.2) is 28.7 Å². The Morgan fingerprint density at radius 3 is 2.24 bits per heavy atom. The first-order chi connectivity index (χ1) is 12.0. The van der Waals surface area contributed by atoms with Gasteiger partial charge in [-0.05, 0) is 39.7 Å². The average molecular weight is 411 g/mol. The van der Waals surface area contributed by atoms with Gasteiger partial charge in [-0.2, -0.15) is 0 Å². The Kier molecular flexibility index (Phi) is 6.27. The van der Waals surface area contributed by atoms with Crippen LogP contribution in [0.2, 0.25) is 0 Å². The van der Waals surface area contributed by atoms with Crippen molar-refractivity contribution in [2.45, 2.75) is 6.61 Å². The van der Waals surface area contributed by atoms with Crippen LogP contribution in [0.3, 0.4) is 0 Å². The van der Waals surface area contributed by atoms with Crippen LogP contribution in [0.5, 0.6) is 17.2 Å². The van der Waals surface area contributed by atoms with Crippen molar-refractivity contribution in [1.29, 1.82) is 0 Å². The Hall–Kier alpha value is -2.25. The average Bonchev–Trinajstić information content (AvgIpc) is 2.66. The molecule has 0 aliphatic rings. The molecular weight excluding hydrogens is 392 g/mol. The second-order valence-corrected chi connectivity index (χ2v) is 5.79. The molecule has 0 spiro atoms. The Morgan fingerprint density at radius 1 is 1.04 bits per heavy atom. The van der Waals surface area contributed by atoms with Crippen LogP contribution in [0.4, 0.5) is 0 Å². The van der Waals surface area contributed by atoms with Gasteiger partial charge >= 0.3 is 5.97 Å². The SMILES string of the molecule is COC(=O)c1cccc(OC)c1-c1c(CO)cc(OC)c(Br)c1OC. The molecule has 134 valence electrons. The number of hydrogen-bond acceptors (Lipinski definition) is 6. The van der Waals surface area contributed by atoms with Crippen molar-refractivity contribution in [1.82, 2.24) is 0 Å². The Bertz CT molecular complexity index is 788. The summed E-state index contributed by atoms with van der Waals surface area (Å²) in [5, 5.41) is 9.88. The Labute approximate surface area is 154 Å². The predicted molar refractivity (Wildman–Crippen MR) is 96.5 cm³/mol. The van der Waals surface area contributed by atoms with Gasteiger partial charge in [0.05, 0.1) is 40.6 Å². The number of methoxy groups -OCH3 is 4. The molecule has 0 aliphatic heterocycles. The number of hydrogen-bond donors (Lipinski definition) is 1. The summed E-state index contributed by atoms with van der Waals surface area (Å²) in [7, 11) is 5.82. The van der Waals surface area contributed by atoms with Gasteiger partial charge in [-0.3, -0.25) is 0 Å². The topological polar surface area (TPSA) is 74.2 Å². The standard InChI is InChI=1S/C18H19BrO6/c1-22-12-7-5-6-11(18(21)25-4)15(12)14-10(9-20)8-13(23-2)16(19)17(14)24-3/h5-8,20H,9H2,1-4H3. The van der Waals surface area contributed by atoms with Crippen LogP contribution < -0.4 is 14.2 Å². The molecule has 1 N–H and O–H groups in total. The normalized spacial score (nSPS) is 10.3. The third-order valence-electron chi connectivity index (χ3n) is 3.77. The summed E-state index contributed by atoms with van der Waals surface area (Å²) in [6, 6.07) is 6.72. The summed E-state index contributed by atoms with van der Waals surface area (Å²) < 4.78 is 21.7. The quantitative estimate of drug-likeness (QED) is 0.735. The van der Waals surface area contributed by atoms with E-state index in [2.05, 4.69) is 15.9 Å². The number of aliphatic hydroxyl groups excluding tert-OH is 1. The van der Waals surface area contributed by atoms with Crippen molar-refractivity contribution < 1.29 is 28.8 Å². The zero-order valence-electron chi connectivity index (χ0n) is 14.4. The molecule has 0 saturated heterocycles. The molecule has 6 nitrogen and oxygen atoms in total. The van der Waals surface area contributed by atoms with Crippen LogP contribution in [-0.2, 0) is 11.3 Å². The molecule has 0 aromatic heterocycles. The van der Waals surface area contributed by atoms with Crippen molar-refractivity contribution in [2.75, 3.05) is 28.4 Å². The number of ether oxygens (including phenoxy) is 4. The van der Waals surface area contributed by atoms with Gasteiger partial charge in [-0.15, -0.1) is 0 Å². The summed E-state index contributed by atoms with van der Waals surface area (Å²) in [6.45, 7) is -0.284. The molecule has 25 heavy (non-hydrogen) atoms. The highest BCUT2D eigenvalue weighted by Gasteiger charge is 2.26. The summed E-state index contributed by atoms with van der Waals surface area (Å²) in [4.78, 5) is 12.3. The number of carbonyl (C=O) groups excluding carboxylic acids is 1. The zero-order chi connectivity index (χ0) is 18.6. The largest absolute Gasteiger partial charge is 0.496 e. The number of halogens is 1. The van der Waals surface area contributed by atoms with Crippen LogP contribution in [-0.4, -0.2) is 39.5 Å². The van der Waals surface area contributed by atoms with E-state index in [1.807, 2.05) is 0 Å². The third-order valence-corrected chi connectivity index (χ3v) is 4.52. The van der Waals surface area contributed by atoms with Gasteiger partial charge in [0, 0.05) is 11.1 Å². The highest BCUT2D eigenvalue weighted by atomic mass is 79.9. The molecule has 0 heterocycles. The number of aliphatic hydroxyl groups is 1.